The average molecular weight is 349 g/mol. The van der Waals surface area contributed by atoms with E-state index in [2.05, 4.69) is 5.32 Å². The van der Waals surface area contributed by atoms with Crippen molar-refractivity contribution in [2.24, 2.45) is 0 Å². The number of rotatable bonds is 5. The highest BCUT2D eigenvalue weighted by Gasteiger charge is 2.17. The molecule has 5 nitrogen and oxygen atoms in total. The molecule has 132 valence electrons. The lowest BCUT2D eigenvalue weighted by Gasteiger charge is -2.15. The van der Waals surface area contributed by atoms with E-state index in [0.29, 0.717) is 11.5 Å². The molecule has 5 heteroatoms. The Kier molecular flexibility index (Phi) is 4.35. The maximum absolute atomic E-state index is 12.2. The van der Waals surface area contributed by atoms with Gasteiger partial charge in [-0.1, -0.05) is 36.4 Å². The van der Waals surface area contributed by atoms with Crippen molar-refractivity contribution >= 4 is 16.7 Å². The van der Waals surface area contributed by atoms with E-state index in [4.69, 9.17) is 14.2 Å². The summed E-state index contributed by atoms with van der Waals surface area (Å²) >= 11 is 0. The number of nitrogens with one attached hydrogen (secondary N) is 1. The molecule has 0 radical (unpaired) electrons. The number of fused-ring (bicyclic) bond motifs is 2. The third kappa shape index (κ3) is 3.42. The van der Waals surface area contributed by atoms with Gasteiger partial charge < -0.3 is 19.5 Å². The number of ether oxygens (including phenoxy) is 3. The van der Waals surface area contributed by atoms with E-state index in [1.807, 2.05) is 67.6 Å². The summed E-state index contributed by atoms with van der Waals surface area (Å²) in [5.74, 6) is 1.93. The molecule has 1 heterocycles. The van der Waals surface area contributed by atoms with Gasteiger partial charge in [0.05, 0.1) is 6.04 Å². The van der Waals surface area contributed by atoms with Gasteiger partial charge in [-0.3, -0.25) is 4.79 Å². The summed E-state index contributed by atoms with van der Waals surface area (Å²) in [5.41, 5.74) is 0.952. The lowest BCUT2D eigenvalue weighted by atomic mass is 10.1. The van der Waals surface area contributed by atoms with Crippen molar-refractivity contribution in [3.05, 3.63) is 66.2 Å². The molecule has 0 saturated carbocycles. The van der Waals surface area contributed by atoms with E-state index in [9.17, 15) is 4.79 Å². The first-order chi connectivity index (χ1) is 12.7. The Morgan fingerprint density at radius 1 is 1.04 bits per heavy atom. The van der Waals surface area contributed by atoms with Crippen molar-refractivity contribution in [2.45, 2.75) is 13.0 Å². The molecule has 3 aromatic carbocycles. The van der Waals surface area contributed by atoms with Crippen LogP contribution in [-0.4, -0.2) is 19.3 Å². The van der Waals surface area contributed by atoms with Gasteiger partial charge in [-0.25, -0.2) is 0 Å². The van der Waals surface area contributed by atoms with Gasteiger partial charge in [-0.05, 0) is 47.5 Å². The van der Waals surface area contributed by atoms with Crippen LogP contribution in [0.15, 0.2) is 60.7 Å². The molecular formula is C21H19NO4. The maximum Gasteiger partial charge on any atom is 0.258 e. The summed E-state index contributed by atoms with van der Waals surface area (Å²) in [5, 5.41) is 5.16. The molecule has 0 fully saturated rings. The molecule has 0 aromatic heterocycles. The van der Waals surface area contributed by atoms with Gasteiger partial charge in [0.25, 0.3) is 5.91 Å². The number of carbonyl (C=O) groups is 1. The highest BCUT2D eigenvalue weighted by molar-refractivity contribution is 5.84. The summed E-state index contributed by atoms with van der Waals surface area (Å²) < 4.78 is 16.3. The Hall–Kier alpha value is -3.21. The molecule has 4 rings (SSSR count). The molecular weight excluding hydrogens is 330 g/mol. The van der Waals surface area contributed by atoms with Gasteiger partial charge in [0.2, 0.25) is 6.79 Å². The lowest BCUT2D eigenvalue weighted by Crippen LogP contribution is -2.31. The zero-order valence-electron chi connectivity index (χ0n) is 14.4. The number of hydrogen-bond acceptors (Lipinski definition) is 4. The second-order valence-corrected chi connectivity index (χ2v) is 6.20. The van der Waals surface area contributed by atoms with Crippen molar-refractivity contribution in [3.8, 4) is 17.2 Å². The molecule has 1 N–H and O–H groups in total. The predicted octanol–water partition coefficient (Wildman–Crippen LogP) is 3.82. The highest BCUT2D eigenvalue weighted by atomic mass is 16.7. The highest BCUT2D eigenvalue weighted by Crippen LogP contribution is 2.34. The molecule has 26 heavy (non-hydrogen) atoms. The number of carbonyl (C=O) groups excluding carboxylic acids is 1. The van der Waals surface area contributed by atoms with E-state index in [1.54, 1.807) is 0 Å². The van der Waals surface area contributed by atoms with Gasteiger partial charge in [0.1, 0.15) is 5.75 Å². The van der Waals surface area contributed by atoms with Crippen LogP contribution >= 0.6 is 0 Å². The van der Waals surface area contributed by atoms with Crippen LogP contribution in [0, 0.1) is 0 Å². The fourth-order valence-corrected chi connectivity index (χ4v) is 2.96. The Morgan fingerprint density at radius 2 is 1.85 bits per heavy atom. The third-order valence-corrected chi connectivity index (χ3v) is 4.36. The zero-order valence-corrected chi connectivity index (χ0v) is 14.4. The molecule has 0 saturated heterocycles. The molecule has 0 bridgehead atoms. The topological polar surface area (TPSA) is 56.8 Å². The summed E-state index contributed by atoms with van der Waals surface area (Å²) in [7, 11) is 0. The van der Waals surface area contributed by atoms with Crippen LogP contribution in [0.1, 0.15) is 18.5 Å². The molecule has 1 aliphatic rings. The van der Waals surface area contributed by atoms with Crippen LogP contribution in [0.25, 0.3) is 10.8 Å². The zero-order chi connectivity index (χ0) is 17.9. The molecule has 0 aliphatic carbocycles. The predicted molar refractivity (Wildman–Crippen MR) is 98.6 cm³/mol. The normalized spacial score (nSPS) is 13.4. The first-order valence-electron chi connectivity index (χ1n) is 8.49. The number of amides is 1. The van der Waals surface area contributed by atoms with Crippen LogP contribution in [0.3, 0.4) is 0 Å². The van der Waals surface area contributed by atoms with Crippen LogP contribution < -0.4 is 19.5 Å². The summed E-state index contributed by atoms with van der Waals surface area (Å²) in [4.78, 5) is 12.2. The minimum atomic E-state index is -0.177. The van der Waals surface area contributed by atoms with Crippen LogP contribution in [0.4, 0.5) is 0 Å². The molecule has 3 aromatic rings. The Labute approximate surface area is 151 Å². The Morgan fingerprint density at radius 3 is 2.73 bits per heavy atom. The second-order valence-electron chi connectivity index (χ2n) is 6.20. The van der Waals surface area contributed by atoms with E-state index in [-0.39, 0.29) is 25.3 Å². The van der Waals surface area contributed by atoms with Crippen molar-refractivity contribution in [1.29, 1.82) is 0 Å². The van der Waals surface area contributed by atoms with Gasteiger partial charge in [0.15, 0.2) is 18.1 Å². The Bertz CT molecular complexity index is 954. The van der Waals surface area contributed by atoms with Crippen LogP contribution in [0.5, 0.6) is 17.2 Å². The third-order valence-electron chi connectivity index (χ3n) is 4.36. The van der Waals surface area contributed by atoms with E-state index < -0.39 is 0 Å². The van der Waals surface area contributed by atoms with E-state index in [1.165, 1.54) is 0 Å². The van der Waals surface area contributed by atoms with Gasteiger partial charge >= 0.3 is 0 Å². The minimum Gasteiger partial charge on any atom is -0.484 e. The van der Waals surface area contributed by atoms with Crippen molar-refractivity contribution < 1.29 is 19.0 Å². The number of hydrogen-bond donors (Lipinski definition) is 1. The molecule has 1 atom stereocenters. The fraction of sp³-hybridized carbons (Fsp3) is 0.190. The largest absolute Gasteiger partial charge is 0.484 e. The van der Waals surface area contributed by atoms with E-state index in [0.717, 1.165) is 22.1 Å². The standard InChI is InChI=1S/C21H19NO4/c1-14(16-7-9-19-20(11-16)26-13-25-19)22-21(23)12-24-18-8-6-15-4-2-3-5-17(15)10-18/h2-11,14H,12-13H2,1H3,(H,22,23). The first kappa shape index (κ1) is 16.3. The van der Waals surface area contributed by atoms with Crippen molar-refractivity contribution in [1.82, 2.24) is 5.32 Å². The van der Waals surface area contributed by atoms with Gasteiger partial charge in [-0.2, -0.15) is 0 Å². The van der Waals surface area contributed by atoms with Crippen LogP contribution in [0.2, 0.25) is 0 Å². The summed E-state index contributed by atoms with van der Waals surface area (Å²) in [6.07, 6.45) is 0. The van der Waals surface area contributed by atoms with Crippen molar-refractivity contribution in [2.75, 3.05) is 13.4 Å². The van der Waals surface area contributed by atoms with Gasteiger partial charge in [0, 0.05) is 0 Å². The number of benzene rings is 3. The monoisotopic (exact) mass is 349 g/mol. The molecule has 1 unspecified atom stereocenters. The molecule has 1 aliphatic heterocycles. The fourth-order valence-electron chi connectivity index (χ4n) is 2.96. The molecule has 0 spiro atoms. The van der Waals surface area contributed by atoms with Crippen molar-refractivity contribution in [3.63, 3.8) is 0 Å². The van der Waals surface area contributed by atoms with E-state index >= 15 is 0 Å². The van der Waals surface area contributed by atoms with Crippen LogP contribution in [-0.2, 0) is 4.79 Å². The average Bonchev–Trinajstić information content (AvgIpc) is 3.14. The summed E-state index contributed by atoms with van der Waals surface area (Å²) in [6.45, 7) is 2.12. The Balaban J connectivity index is 1.35. The summed E-state index contributed by atoms with van der Waals surface area (Å²) in [6, 6.07) is 19.3. The lowest BCUT2D eigenvalue weighted by molar-refractivity contribution is -0.123. The quantitative estimate of drug-likeness (QED) is 0.761. The minimum absolute atomic E-state index is 0.0345. The van der Waals surface area contributed by atoms with Gasteiger partial charge in [-0.15, -0.1) is 0 Å². The first-order valence-corrected chi connectivity index (χ1v) is 8.49. The molecule has 1 amide bonds. The smallest absolute Gasteiger partial charge is 0.258 e. The second kappa shape index (κ2) is 6.96. The maximum atomic E-state index is 12.2. The SMILES string of the molecule is CC(NC(=O)COc1ccc2ccccc2c1)c1ccc2c(c1)OCO2.